The van der Waals surface area contributed by atoms with Gasteiger partial charge in [0.1, 0.15) is 6.10 Å². The first-order valence-corrected chi connectivity index (χ1v) is 2.65. The average molecular weight is 112 g/mol. The summed E-state index contributed by atoms with van der Waals surface area (Å²) >= 11 is 0. The van der Waals surface area contributed by atoms with Gasteiger partial charge in [0, 0.05) is 0 Å². The van der Waals surface area contributed by atoms with E-state index in [4.69, 9.17) is 4.74 Å². The van der Waals surface area contributed by atoms with Crippen molar-refractivity contribution in [2.45, 2.75) is 19.4 Å². The first-order valence-electron chi connectivity index (χ1n) is 2.65. The van der Waals surface area contributed by atoms with E-state index in [1.165, 1.54) is 0 Å². The summed E-state index contributed by atoms with van der Waals surface area (Å²) in [5, 5.41) is 0. The molecule has 0 amide bonds. The van der Waals surface area contributed by atoms with E-state index in [2.05, 4.69) is 0 Å². The number of ether oxygens (including phenoxy) is 1. The third-order valence-corrected chi connectivity index (χ3v) is 1.01. The molecule has 44 valence electrons. The Hall–Kier alpha value is -0.790. The maximum Gasteiger partial charge on any atom is 0.310 e. The van der Waals surface area contributed by atoms with E-state index in [9.17, 15) is 4.79 Å². The van der Waals surface area contributed by atoms with Crippen molar-refractivity contribution < 1.29 is 9.53 Å². The van der Waals surface area contributed by atoms with Crippen LogP contribution in [0.5, 0.6) is 0 Å². The third-order valence-electron chi connectivity index (χ3n) is 1.01. The minimum atomic E-state index is -0.125. The standard InChI is InChI=1S/C6H8O2/c1-5-3-2-4-6(7)8-5/h2-3,5H,4H2,1H3/t5-/m1/s1. The average Bonchev–Trinajstić information content (AvgIpc) is 1.64. The van der Waals surface area contributed by atoms with Gasteiger partial charge in [-0.1, -0.05) is 6.08 Å². The minimum Gasteiger partial charge on any atom is -0.458 e. The van der Waals surface area contributed by atoms with Crippen LogP contribution in [-0.2, 0) is 9.53 Å². The summed E-state index contributed by atoms with van der Waals surface area (Å²) in [5.41, 5.74) is 0. The molecule has 1 aliphatic heterocycles. The lowest BCUT2D eigenvalue weighted by Crippen LogP contribution is -2.15. The number of carbonyl (C=O) groups is 1. The van der Waals surface area contributed by atoms with Crippen LogP contribution in [0.1, 0.15) is 13.3 Å². The molecular formula is C6H8O2. The molecular weight excluding hydrogens is 104 g/mol. The summed E-state index contributed by atoms with van der Waals surface area (Å²) in [6.07, 6.45) is 4.12. The Morgan fingerprint density at radius 1 is 1.88 bits per heavy atom. The fraction of sp³-hybridized carbons (Fsp3) is 0.500. The quantitative estimate of drug-likeness (QED) is 0.343. The van der Waals surface area contributed by atoms with E-state index >= 15 is 0 Å². The van der Waals surface area contributed by atoms with E-state index in [1.807, 2.05) is 19.1 Å². The molecule has 1 heterocycles. The number of rotatable bonds is 0. The van der Waals surface area contributed by atoms with Gasteiger partial charge in [0.2, 0.25) is 0 Å². The molecule has 1 rings (SSSR count). The zero-order valence-electron chi connectivity index (χ0n) is 4.76. The topological polar surface area (TPSA) is 26.3 Å². The van der Waals surface area contributed by atoms with Gasteiger partial charge in [-0.2, -0.15) is 0 Å². The van der Waals surface area contributed by atoms with Crippen molar-refractivity contribution >= 4 is 5.97 Å². The number of esters is 1. The predicted octanol–water partition coefficient (Wildman–Crippen LogP) is 0.878. The van der Waals surface area contributed by atoms with Gasteiger partial charge in [-0.15, -0.1) is 0 Å². The molecule has 0 saturated carbocycles. The molecule has 1 atom stereocenters. The second-order valence-electron chi connectivity index (χ2n) is 1.83. The van der Waals surface area contributed by atoms with Crippen LogP contribution in [-0.4, -0.2) is 12.1 Å². The molecule has 0 aromatic carbocycles. The summed E-state index contributed by atoms with van der Waals surface area (Å²) in [6.45, 7) is 1.84. The molecule has 2 heteroatoms. The number of carbonyl (C=O) groups excluding carboxylic acids is 1. The zero-order valence-corrected chi connectivity index (χ0v) is 4.76. The van der Waals surface area contributed by atoms with Gasteiger partial charge in [0.05, 0.1) is 6.42 Å². The maximum absolute atomic E-state index is 10.4. The van der Waals surface area contributed by atoms with E-state index < -0.39 is 0 Å². The maximum atomic E-state index is 10.4. The molecule has 0 unspecified atom stereocenters. The van der Waals surface area contributed by atoms with Crippen molar-refractivity contribution in [3.63, 3.8) is 0 Å². The molecule has 0 saturated heterocycles. The van der Waals surface area contributed by atoms with Crippen molar-refractivity contribution in [1.82, 2.24) is 0 Å². The predicted molar refractivity (Wildman–Crippen MR) is 29.3 cm³/mol. The highest BCUT2D eigenvalue weighted by Crippen LogP contribution is 2.03. The molecule has 0 radical (unpaired) electrons. The molecule has 1 aliphatic rings. The summed E-state index contributed by atoms with van der Waals surface area (Å²) in [7, 11) is 0. The lowest BCUT2D eigenvalue weighted by molar-refractivity contribution is -0.146. The van der Waals surface area contributed by atoms with Gasteiger partial charge >= 0.3 is 5.97 Å². The summed E-state index contributed by atoms with van der Waals surface area (Å²) in [5.74, 6) is -0.125. The SMILES string of the molecule is C[C@@H]1C=CCC(=O)O1. The Labute approximate surface area is 48.1 Å². The molecule has 8 heavy (non-hydrogen) atoms. The lowest BCUT2D eigenvalue weighted by atomic mass is 10.2. The van der Waals surface area contributed by atoms with Gasteiger partial charge in [0.15, 0.2) is 0 Å². The fourth-order valence-electron chi connectivity index (χ4n) is 0.651. The number of hydrogen-bond acceptors (Lipinski definition) is 2. The largest absolute Gasteiger partial charge is 0.458 e. The van der Waals surface area contributed by atoms with E-state index in [0.29, 0.717) is 6.42 Å². The van der Waals surface area contributed by atoms with Crippen LogP contribution in [0.2, 0.25) is 0 Å². The Morgan fingerprint density at radius 2 is 2.62 bits per heavy atom. The smallest absolute Gasteiger partial charge is 0.310 e. The highest BCUT2D eigenvalue weighted by atomic mass is 16.5. The summed E-state index contributed by atoms with van der Waals surface area (Å²) < 4.78 is 4.76. The van der Waals surface area contributed by atoms with Crippen molar-refractivity contribution in [2.75, 3.05) is 0 Å². The van der Waals surface area contributed by atoms with Crippen LogP contribution >= 0.6 is 0 Å². The number of cyclic esters (lactones) is 1. The minimum absolute atomic E-state index is 0.0174. The van der Waals surface area contributed by atoms with Crippen molar-refractivity contribution in [3.8, 4) is 0 Å². The Morgan fingerprint density at radius 3 is 3.00 bits per heavy atom. The highest BCUT2D eigenvalue weighted by molar-refractivity contribution is 5.72. The molecule has 0 N–H and O–H groups in total. The molecule has 0 fully saturated rings. The fourth-order valence-corrected chi connectivity index (χ4v) is 0.651. The van der Waals surface area contributed by atoms with E-state index in [1.54, 1.807) is 0 Å². The van der Waals surface area contributed by atoms with Gasteiger partial charge in [-0.3, -0.25) is 4.79 Å². The molecule has 0 aromatic rings. The van der Waals surface area contributed by atoms with Gasteiger partial charge in [-0.25, -0.2) is 0 Å². The Balaban J connectivity index is 2.54. The van der Waals surface area contributed by atoms with Crippen LogP contribution in [0.25, 0.3) is 0 Å². The second-order valence-corrected chi connectivity index (χ2v) is 1.83. The lowest BCUT2D eigenvalue weighted by Gasteiger charge is -2.11. The van der Waals surface area contributed by atoms with Crippen LogP contribution < -0.4 is 0 Å². The molecule has 0 spiro atoms. The first-order chi connectivity index (χ1) is 3.79. The van der Waals surface area contributed by atoms with Crippen molar-refractivity contribution in [3.05, 3.63) is 12.2 Å². The van der Waals surface area contributed by atoms with Crippen LogP contribution in [0.4, 0.5) is 0 Å². The molecule has 0 aromatic heterocycles. The molecule has 0 bridgehead atoms. The zero-order chi connectivity index (χ0) is 5.98. The van der Waals surface area contributed by atoms with E-state index in [-0.39, 0.29) is 12.1 Å². The van der Waals surface area contributed by atoms with Gasteiger partial charge < -0.3 is 4.74 Å². The van der Waals surface area contributed by atoms with Crippen LogP contribution in [0.3, 0.4) is 0 Å². The normalized spacial score (nSPS) is 27.6. The third kappa shape index (κ3) is 1.09. The molecule has 0 aliphatic carbocycles. The van der Waals surface area contributed by atoms with Crippen LogP contribution in [0, 0.1) is 0 Å². The monoisotopic (exact) mass is 112 g/mol. The van der Waals surface area contributed by atoms with Crippen molar-refractivity contribution in [2.24, 2.45) is 0 Å². The number of hydrogen-bond donors (Lipinski definition) is 0. The molecule has 2 nitrogen and oxygen atoms in total. The van der Waals surface area contributed by atoms with Crippen LogP contribution in [0.15, 0.2) is 12.2 Å². The van der Waals surface area contributed by atoms with Crippen molar-refractivity contribution in [1.29, 1.82) is 0 Å². The summed E-state index contributed by atoms with van der Waals surface area (Å²) in [4.78, 5) is 10.4. The van der Waals surface area contributed by atoms with Gasteiger partial charge in [0.25, 0.3) is 0 Å². The van der Waals surface area contributed by atoms with Gasteiger partial charge in [-0.05, 0) is 13.0 Å². The highest BCUT2D eigenvalue weighted by Gasteiger charge is 2.08. The second kappa shape index (κ2) is 1.99. The Bertz CT molecular complexity index is 126. The summed E-state index contributed by atoms with van der Waals surface area (Å²) in [6, 6.07) is 0. The Kier molecular flexibility index (Phi) is 1.33. The van der Waals surface area contributed by atoms with E-state index in [0.717, 1.165) is 0 Å². The first kappa shape index (κ1) is 5.35.